The Kier molecular flexibility index (Phi) is 5.05. The molecule has 3 heteroatoms. The first-order chi connectivity index (χ1) is 8.58. The first-order valence-corrected chi connectivity index (χ1v) is 7.78. The molecule has 0 unspecified atom stereocenters. The van der Waals surface area contributed by atoms with Gasteiger partial charge in [0, 0.05) is 37.8 Å². The van der Waals surface area contributed by atoms with Gasteiger partial charge in [-0.25, -0.2) is 0 Å². The molecule has 0 bridgehead atoms. The number of piperidine rings is 1. The second-order valence-electron chi connectivity index (χ2n) is 6.64. The van der Waals surface area contributed by atoms with Crippen LogP contribution in [0, 0.1) is 5.92 Å². The largest absolute Gasteiger partial charge is 0.317 e. The SMILES string of the molecule is CC(C)N1C[C@H](C)N(CC2CCNCC2)C[C@H]1C. The van der Waals surface area contributed by atoms with Gasteiger partial charge in [0.2, 0.25) is 0 Å². The topological polar surface area (TPSA) is 18.5 Å². The van der Waals surface area contributed by atoms with Crippen LogP contribution in [0.15, 0.2) is 0 Å². The summed E-state index contributed by atoms with van der Waals surface area (Å²) in [5.74, 6) is 0.923. The van der Waals surface area contributed by atoms with E-state index in [9.17, 15) is 0 Å². The number of nitrogens with zero attached hydrogens (tertiary/aromatic N) is 2. The van der Waals surface area contributed by atoms with Crippen LogP contribution in [0.25, 0.3) is 0 Å². The maximum atomic E-state index is 3.47. The van der Waals surface area contributed by atoms with Gasteiger partial charge in [0.05, 0.1) is 0 Å². The van der Waals surface area contributed by atoms with Crippen molar-refractivity contribution in [3.8, 4) is 0 Å². The lowest BCUT2D eigenvalue weighted by Gasteiger charge is -2.47. The van der Waals surface area contributed by atoms with E-state index < -0.39 is 0 Å². The summed E-state index contributed by atoms with van der Waals surface area (Å²) < 4.78 is 0. The Morgan fingerprint density at radius 2 is 1.72 bits per heavy atom. The zero-order chi connectivity index (χ0) is 13.1. The van der Waals surface area contributed by atoms with E-state index in [4.69, 9.17) is 0 Å². The maximum absolute atomic E-state index is 3.47. The van der Waals surface area contributed by atoms with Crippen molar-refractivity contribution in [1.29, 1.82) is 0 Å². The van der Waals surface area contributed by atoms with Crippen molar-refractivity contribution >= 4 is 0 Å². The molecule has 2 saturated heterocycles. The molecule has 2 rings (SSSR count). The number of hydrogen-bond donors (Lipinski definition) is 1. The molecule has 2 heterocycles. The molecule has 18 heavy (non-hydrogen) atoms. The molecule has 1 N–H and O–H groups in total. The Labute approximate surface area is 113 Å². The second-order valence-corrected chi connectivity index (χ2v) is 6.64. The van der Waals surface area contributed by atoms with Gasteiger partial charge in [-0.1, -0.05) is 0 Å². The third-order valence-corrected chi connectivity index (χ3v) is 4.78. The molecular formula is C15H31N3. The number of nitrogens with one attached hydrogen (secondary N) is 1. The van der Waals surface area contributed by atoms with Gasteiger partial charge < -0.3 is 5.32 Å². The molecule has 3 nitrogen and oxygen atoms in total. The van der Waals surface area contributed by atoms with E-state index in [1.165, 1.54) is 45.6 Å². The predicted octanol–water partition coefficient (Wildman–Crippen LogP) is 1.79. The number of hydrogen-bond acceptors (Lipinski definition) is 3. The summed E-state index contributed by atoms with van der Waals surface area (Å²) in [5, 5.41) is 3.47. The Bertz CT molecular complexity index is 248. The predicted molar refractivity (Wildman–Crippen MR) is 77.9 cm³/mol. The third-order valence-electron chi connectivity index (χ3n) is 4.78. The second kappa shape index (κ2) is 6.36. The Hall–Kier alpha value is -0.120. The zero-order valence-electron chi connectivity index (χ0n) is 12.7. The fourth-order valence-corrected chi connectivity index (χ4v) is 3.59. The number of piperazine rings is 1. The summed E-state index contributed by atoms with van der Waals surface area (Å²) in [6, 6.07) is 2.12. The van der Waals surface area contributed by atoms with Gasteiger partial charge in [-0.05, 0) is 59.5 Å². The van der Waals surface area contributed by atoms with Crippen LogP contribution >= 0.6 is 0 Å². The minimum atomic E-state index is 0.684. The van der Waals surface area contributed by atoms with E-state index >= 15 is 0 Å². The average molecular weight is 253 g/mol. The highest BCUT2D eigenvalue weighted by Gasteiger charge is 2.31. The molecule has 0 radical (unpaired) electrons. The lowest BCUT2D eigenvalue weighted by Crippen LogP contribution is -2.59. The van der Waals surface area contributed by atoms with Crippen molar-refractivity contribution < 1.29 is 0 Å². The highest BCUT2D eigenvalue weighted by Crippen LogP contribution is 2.21. The van der Waals surface area contributed by atoms with E-state index in [2.05, 4.69) is 42.8 Å². The van der Waals surface area contributed by atoms with Crippen molar-refractivity contribution in [2.75, 3.05) is 32.7 Å². The molecular weight excluding hydrogens is 222 g/mol. The van der Waals surface area contributed by atoms with Gasteiger partial charge in [-0.2, -0.15) is 0 Å². The van der Waals surface area contributed by atoms with Crippen LogP contribution in [0.2, 0.25) is 0 Å². The molecule has 2 aliphatic rings. The van der Waals surface area contributed by atoms with Crippen molar-refractivity contribution in [2.24, 2.45) is 5.92 Å². The molecule has 0 saturated carbocycles. The molecule has 0 spiro atoms. The normalized spacial score (nSPS) is 33.2. The Balaban J connectivity index is 1.86. The fourth-order valence-electron chi connectivity index (χ4n) is 3.59. The molecule has 0 aromatic heterocycles. The lowest BCUT2D eigenvalue weighted by molar-refractivity contribution is 0.0132. The minimum Gasteiger partial charge on any atom is -0.317 e. The molecule has 2 aliphatic heterocycles. The Morgan fingerprint density at radius 3 is 2.33 bits per heavy atom. The minimum absolute atomic E-state index is 0.684. The summed E-state index contributed by atoms with van der Waals surface area (Å²) >= 11 is 0. The zero-order valence-corrected chi connectivity index (χ0v) is 12.7. The van der Waals surface area contributed by atoms with Gasteiger partial charge in [0.15, 0.2) is 0 Å². The summed E-state index contributed by atoms with van der Waals surface area (Å²) in [7, 11) is 0. The van der Waals surface area contributed by atoms with Crippen LogP contribution in [-0.2, 0) is 0 Å². The first-order valence-electron chi connectivity index (χ1n) is 7.78. The van der Waals surface area contributed by atoms with Gasteiger partial charge in [0.1, 0.15) is 0 Å². The van der Waals surface area contributed by atoms with Crippen LogP contribution in [0.1, 0.15) is 40.5 Å². The van der Waals surface area contributed by atoms with Gasteiger partial charge in [-0.3, -0.25) is 9.80 Å². The lowest BCUT2D eigenvalue weighted by atomic mass is 9.95. The van der Waals surface area contributed by atoms with E-state index in [0.29, 0.717) is 12.1 Å². The average Bonchev–Trinajstić information content (AvgIpc) is 2.34. The van der Waals surface area contributed by atoms with E-state index in [1.807, 2.05) is 0 Å². The Morgan fingerprint density at radius 1 is 1.06 bits per heavy atom. The number of rotatable bonds is 3. The van der Waals surface area contributed by atoms with Crippen LogP contribution in [0.3, 0.4) is 0 Å². The van der Waals surface area contributed by atoms with Crippen LogP contribution < -0.4 is 5.32 Å². The molecule has 2 fully saturated rings. The van der Waals surface area contributed by atoms with E-state index in [-0.39, 0.29) is 0 Å². The van der Waals surface area contributed by atoms with Crippen LogP contribution in [0.4, 0.5) is 0 Å². The molecule has 0 amide bonds. The van der Waals surface area contributed by atoms with Crippen LogP contribution in [-0.4, -0.2) is 60.6 Å². The molecule has 0 aromatic carbocycles. The summed E-state index contributed by atoms with van der Waals surface area (Å²) in [6.07, 6.45) is 2.73. The highest BCUT2D eigenvalue weighted by atomic mass is 15.3. The maximum Gasteiger partial charge on any atom is 0.0198 e. The quantitative estimate of drug-likeness (QED) is 0.827. The van der Waals surface area contributed by atoms with Crippen LogP contribution in [0.5, 0.6) is 0 Å². The van der Waals surface area contributed by atoms with Crippen molar-refractivity contribution in [2.45, 2.75) is 58.7 Å². The highest BCUT2D eigenvalue weighted by molar-refractivity contribution is 4.87. The molecule has 0 aromatic rings. The van der Waals surface area contributed by atoms with Crippen molar-refractivity contribution in [3.63, 3.8) is 0 Å². The monoisotopic (exact) mass is 253 g/mol. The third kappa shape index (κ3) is 3.46. The van der Waals surface area contributed by atoms with Gasteiger partial charge >= 0.3 is 0 Å². The summed E-state index contributed by atoms with van der Waals surface area (Å²) in [4.78, 5) is 5.39. The molecule has 2 atom stereocenters. The summed E-state index contributed by atoms with van der Waals surface area (Å²) in [5.41, 5.74) is 0. The van der Waals surface area contributed by atoms with Crippen molar-refractivity contribution in [1.82, 2.24) is 15.1 Å². The van der Waals surface area contributed by atoms with Gasteiger partial charge in [0.25, 0.3) is 0 Å². The summed E-state index contributed by atoms with van der Waals surface area (Å²) in [6.45, 7) is 15.7. The van der Waals surface area contributed by atoms with Crippen molar-refractivity contribution in [3.05, 3.63) is 0 Å². The smallest absolute Gasteiger partial charge is 0.0198 e. The van der Waals surface area contributed by atoms with E-state index in [1.54, 1.807) is 0 Å². The fraction of sp³-hybridized carbons (Fsp3) is 1.00. The standard InChI is InChI=1S/C15H31N3/c1-12(2)18-10-13(3)17(9-14(18)4)11-15-5-7-16-8-6-15/h12-16H,5-11H2,1-4H3/t13-,14+/m0/s1. The molecule has 0 aliphatic carbocycles. The molecule has 106 valence electrons. The van der Waals surface area contributed by atoms with Gasteiger partial charge in [-0.15, -0.1) is 0 Å². The van der Waals surface area contributed by atoms with E-state index in [0.717, 1.165) is 12.0 Å². The first kappa shape index (κ1) is 14.3.